The summed E-state index contributed by atoms with van der Waals surface area (Å²) in [6, 6.07) is 5.51. The molecule has 2 aliphatic rings. The van der Waals surface area contributed by atoms with Crippen LogP contribution in [0.5, 0.6) is 11.5 Å². The highest BCUT2D eigenvalue weighted by atomic mass is 16.5. The van der Waals surface area contributed by atoms with E-state index in [-0.39, 0.29) is 42.5 Å². The molecule has 0 saturated carbocycles. The highest BCUT2D eigenvalue weighted by molar-refractivity contribution is 6.05. The molecule has 2 unspecified atom stereocenters. The third kappa shape index (κ3) is 3.74. The molecule has 0 N–H and O–H groups in total. The summed E-state index contributed by atoms with van der Waals surface area (Å²) in [7, 11) is 4.81. The van der Waals surface area contributed by atoms with Gasteiger partial charge in [0, 0.05) is 32.1 Å². The molecule has 3 amide bonds. The molecule has 0 spiro atoms. The second-order valence-electron chi connectivity index (χ2n) is 7.14. The van der Waals surface area contributed by atoms with Gasteiger partial charge in [0.2, 0.25) is 17.7 Å². The van der Waals surface area contributed by atoms with Crippen LogP contribution in [-0.2, 0) is 20.9 Å². The summed E-state index contributed by atoms with van der Waals surface area (Å²) < 4.78 is 10.7. The van der Waals surface area contributed by atoms with Crippen LogP contribution < -0.4 is 9.47 Å². The Bertz CT molecular complexity index is 778. The van der Waals surface area contributed by atoms with Gasteiger partial charge in [-0.05, 0) is 18.9 Å². The molecule has 1 aliphatic carbocycles. The zero-order valence-electron chi connectivity index (χ0n) is 16.5. The number of carbonyl (C=O) groups excluding carboxylic acids is 3. The van der Waals surface area contributed by atoms with Crippen LogP contribution in [0, 0.1) is 11.8 Å². The Morgan fingerprint density at radius 3 is 2.32 bits per heavy atom. The van der Waals surface area contributed by atoms with E-state index in [1.165, 1.54) is 4.90 Å². The first-order chi connectivity index (χ1) is 13.5. The number of imide groups is 1. The fourth-order valence-corrected chi connectivity index (χ4v) is 3.91. The smallest absolute Gasteiger partial charge is 0.233 e. The number of likely N-dealkylation sites (tertiary alicyclic amines) is 1. The lowest BCUT2D eigenvalue weighted by Crippen LogP contribution is -2.36. The Labute approximate surface area is 164 Å². The average Bonchev–Trinajstić information content (AvgIpc) is 2.96. The summed E-state index contributed by atoms with van der Waals surface area (Å²) in [6.45, 7) is 0.472. The van der Waals surface area contributed by atoms with Crippen molar-refractivity contribution in [1.29, 1.82) is 0 Å². The summed E-state index contributed by atoms with van der Waals surface area (Å²) in [4.78, 5) is 40.4. The number of benzene rings is 1. The average molecular weight is 386 g/mol. The summed E-state index contributed by atoms with van der Waals surface area (Å²) in [6.07, 6.45) is 5.23. The molecule has 7 nitrogen and oxygen atoms in total. The number of ether oxygens (including phenoxy) is 2. The van der Waals surface area contributed by atoms with Crippen LogP contribution in [0.3, 0.4) is 0 Å². The normalized spacial score (nSPS) is 20.9. The molecule has 28 heavy (non-hydrogen) atoms. The Hall–Kier alpha value is -2.83. The van der Waals surface area contributed by atoms with Crippen molar-refractivity contribution in [2.45, 2.75) is 25.8 Å². The molecule has 0 aromatic heterocycles. The molecule has 2 atom stereocenters. The maximum atomic E-state index is 12.6. The van der Waals surface area contributed by atoms with Crippen molar-refractivity contribution in [3.63, 3.8) is 0 Å². The van der Waals surface area contributed by atoms with E-state index in [2.05, 4.69) is 0 Å². The van der Waals surface area contributed by atoms with E-state index in [0.717, 1.165) is 5.56 Å². The lowest BCUT2D eigenvalue weighted by Gasteiger charge is -2.21. The number of allylic oxidation sites excluding steroid dienone is 2. The quantitative estimate of drug-likeness (QED) is 0.529. The van der Waals surface area contributed by atoms with Crippen molar-refractivity contribution in [3.05, 3.63) is 35.9 Å². The Morgan fingerprint density at radius 2 is 1.75 bits per heavy atom. The van der Waals surface area contributed by atoms with E-state index in [1.54, 1.807) is 32.2 Å². The third-order valence-electron chi connectivity index (χ3n) is 5.47. The van der Waals surface area contributed by atoms with Gasteiger partial charge in [0.15, 0.2) is 11.5 Å². The second-order valence-corrected chi connectivity index (χ2v) is 7.14. The first kappa shape index (κ1) is 19.9. The molecule has 0 radical (unpaired) electrons. The van der Waals surface area contributed by atoms with Crippen LogP contribution in [0.2, 0.25) is 0 Å². The van der Waals surface area contributed by atoms with Crippen LogP contribution in [0.4, 0.5) is 0 Å². The third-order valence-corrected chi connectivity index (χ3v) is 5.47. The van der Waals surface area contributed by atoms with Crippen LogP contribution in [0.25, 0.3) is 0 Å². The molecule has 1 aliphatic heterocycles. The summed E-state index contributed by atoms with van der Waals surface area (Å²) >= 11 is 0. The number of nitrogens with zero attached hydrogens (tertiary/aromatic N) is 2. The van der Waals surface area contributed by atoms with Gasteiger partial charge in [0.1, 0.15) is 0 Å². The van der Waals surface area contributed by atoms with Crippen molar-refractivity contribution >= 4 is 17.7 Å². The number of amides is 3. The molecule has 0 bridgehead atoms. The van der Waals surface area contributed by atoms with Crippen molar-refractivity contribution in [1.82, 2.24) is 9.80 Å². The van der Waals surface area contributed by atoms with E-state index < -0.39 is 0 Å². The molecule has 1 aromatic rings. The molecule has 3 rings (SSSR count). The van der Waals surface area contributed by atoms with Gasteiger partial charge < -0.3 is 14.4 Å². The number of methoxy groups -OCH3 is 2. The standard InChI is InChI=1S/C21H26N2O5/c1-22(13-14-7-6-10-17(27-2)19(14)28-3)18(24)11-12-23-20(25)15-8-4-5-9-16(15)21(23)26/h4-7,10,15-16H,8-9,11-13H2,1-3H3. The zero-order valence-corrected chi connectivity index (χ0v) is 16.5. The second kappa shape index (κ2) is 8.46. The summed E-state index contributed by atoms with van der Waals surface area (Å²) in [5, 5.41) is 0. The monoisotopic (exact) mass is 386 g/mol. The molecule has 7 heteroatoms. The number of hydrogen-bond acceptors (Lipinski definition) is 5. The van der Waals surface area contributed by atoms with Gasteiger partial charge in [0.25, 0.3) is 0 Å². The summed E-state index contributed by atoms with van der Waals surface area (Å²) in [5.41, 5.74) is 0.822. The predicted octanol–water partition coefficient (Wildman–Crippen LogP) is 2.00. The number of hydrogen-bond donors (Lipinski definition) is 0. The van der Waals surface area contributed by atoms with Gasteiger partial charge >= 0.3 is 0 Å². The minimum atomic E-state index is -0.258. The molecular weight excluding hydrogens is 360 g/mol. The maximum Gasteiger partial charge on any atom is 0.233 e. The van der Waals surface area contributed by atoms with E-state index in [4.69, 9.17) is 9.47 Å². The lowest BCUT2D eigenvalue weighted by molar-refractivity contribution is -0.140. The van der Waals surface area contributed by atoms with Gasteiger partial charge in [0.05, 0.1) is 26.1 Å². The molecular formula is C21H26N2O5. The highest BCUT2D eigenvalue weighted by Gasteiger charge is 2.46. The van der Waals surface area contributed by atoms with Gasteiger partial charge in [-0.2, -0.15) is 0 Å². The van der Waals surface area contributed by atoms with Crippen LogP contribution in [0.15, 0.2) is 30.4 Å². The topological polar surface area (TPSA) is 76.2 Å². The number of para-hydroxylation sites is 1. The highest BCUT2D eigenvalue weighted by Crippen LogP contribution is 2.35. The Morgan fingerprint density at radius 1 is 1.11 bits per heavy atom. The van der Waals surface area contributed by atoms with Gasteiger partial charge in [-0.25, -0.2) is 0 Å². The maximum absolute atomic E-state index is 12.6. The minimum absolute atomic E-state index is 0.104. The van der Waals surface area contributed by atoms with E-state index in [1.807, 2.05) is 24.3 Å². The van der Waals surface area contributed by atoms with E-state index >= 15 is 0 Å². The zero-order chi connectivity index (χ0) is 20.3. The van der Waals surface area contributed by atoms with Crippen molar-refractivity contribution in [3.8, 4) is 11.5 Å². The molecule has 1 heterocycles. The van der Waals surface area contributed by atoms with E-state index in [0.29, 0.717) is 30.9 Å². The molecule has 1 aromatic carbocycles. The van der Waals surface area contributed by atoms with Crippen LogP contribution in [-0.4, -0.2) is 55.3 Å². The lowest BCUT2D eigenvalue weighted by atomic mass is 9.85. The van der Waals surface area contributed by atoms with E-state index in [9.17, 15) is 14.4 Å². The first-order valence-corrected chi connectivity index (χ1v) is 9.42. The van der Waals surface area contributed by atoms with Crippen LogP contribution in [0.1, 0.15) is 24.8 Å². The largest absolute Gasteiger partial charge is 0.493 e. The fraction of sp³-hybridized carbons (Fsp3) is 0.476. The van der Waals surface area contributed by atoms with Crippen molar-refractivity contribution in [2.75, 3.05) is 27.8 Å². The van der Waals surface area contributed by atoms with Crippen LogP contribution >= 0.6 is 0 Å². The fourth-order valence-electron chi connectivity index (χ4n) is 3.91. The Kier molecular flexibility index (Phi) is 6.02. The van der Waals surface area contributed by atoms with Gasteiger partial charge in [-0.15, -0.1) is 0 Å². The van der Waals surface area contributed by atoms with Crippen molar-refractivity contribution < 1.29 is 23.9 Å². The number of carbonyl (C=O) groups is 3. The van der Waals surface area contributed by atoms with Gasteiger partial charge in [-0.3, -0.25) is 19.3 Å². The summed E-state index contributed by atoms with van der Waals surface area (Å²) in [5.74, 6) is 0.237. The Balaban J connectivity index is 1.60. The first-order valence-electron chi connectivity index (χ1n) is 9.42. The molecule has 1 fully saturated rings. The SMILES string of the molecule is COc1cccc(CN(C)C(=O)CCN2C(=O)C3CC=CCC3C2=O)c1OC. The number of rotatable bonds is 7. The van der Waals surface area contributed by atoms with Crippen molar-refractivity contribution in [2.24, 2.45) is 11.8 Å². The molecule has 150 valence electrons. The predicted molar refractivity (Wildman–Crippen MR) is 103 cm³/mol. The minimum Gasteiger partial charge on any atom is -0.493 e. The number of fused-ring (bicyclic) bond motifs is 1. The molecule has 1 saturated heterocycles. The van der Waals surface area contributed by atoms with Gasteiger partial charge in [-0.1, -0.05) is 24.3 Å².